The van der Waals surface area contributed by atoms with Crippen molar-refractivity contribution in [2.45, 2.75) is 6.42 Å². The van der Waals surface area contributed by atoms with Crippen LogP contribution in [0.4, 0.5) is 0 Å². The fourth-order valence-corrected chi connectivity index (χ4v) is 1.28. The summed E-state index contributed by atoms with van der Waals surface area (Å²) in [4.78, 5) is 3.97. The van der Waals surface area contributed by atoms with Crippen molar-refractivity contribution < 1.29 is 4.42 Å². The molecule has 0 aliphatic rings. The van der Waals surface area contributed by atoms with E-state index in [2.05, 4.69) is 4.98 Å². The Hall–Kier alpha value is -2.33. The highest BCUT2D eigenvalue weighted by Crippen LogP contribution is 2.19. The zero-order chi connectivity index (χ0) is 9.97. The Morgan fingerprint density at radius 2 is 2.21 bits per heavy atom. The number of benzene rings is 1. The maximum atomic E-state index is 8.59. The Morgan fingerprint density at radius 1 is 1.36 bits per heavy atom. The summed E-state index contributed by atoms with van der Waals surface area (Å²) in [7, 11) is 0. The van der Waals surface area contributed by atoms with Crippen molar-refractivity contribution >= 4 is 11.1 Å². The Bertz CT molecular complexity index is 557. The van der Waals surface area contributed by atoms with E-state index in [-0.39, 0.29) is 12.3 Å². The molecule has 0 fully saturated rings. The molecule has 0 radical (unpaired) electrons. The smallest absolute Gasteiger partial charge is 0.301 e. The van der Waals surface area contributed by atoms with Crippen molar-refractivity contribution in [3.05, 3.63) is 29.7 Å². The third kappa shape index (κ3) is 1.19. The minimum atomic E-state index is 0.0328. The fraction of sp³-hybridized carbons (Fsp3) is 0.100. The maximum absolute atomic E-state index is 8.59. The van der Waals surface area contributed by atoms with Gasteiger partial charge >= 0.3 is 5.89 Å². The van der Waals surface area contributed by atoms with Gasteiger partial charge in [0.05, 0.1) is 12.5 Å². The van der Waals surface area contributed by atoms with Gasteiger partial charge in [-0.1, -0.05) is 12.1 Å². The van der Waals surface area contributed by atoms with Crippen LogP contribution in [0.25, 0.3) is 11.1 Å². The van der Waals surface area contributed by atoms with Crippen LogP contribution in [0.1, 0.15) is 11.5 Å². The standard InChI is InChI=1S/C10H5N3O/c11-5-4-7-2-1-3-8-10(7)13-9(6-12)14-8/h1-3H,4H2. The average molecular weight is 183 g/mol. The van der Waals surface area contributed by atoms with Crippen molar-refractivity contribution in [2.75, 3.05) is 0 Å². The van der Waals surface area contributed by atoms with Crippen LogP contribution in [-0.4, -0.2) is 4.98 Å². The normalized spacial score (nSPS) is 9.57. The average Bonchev–Trinajstić information content (AvgIpc) is 2.62. The molecule has 0 aliphatic carbocycles. The second-order valence-corrected chi connectivity index (χ2v) is 2.73. The lowest BCUT2D eigenvalue weighted by Gasteiger charge is -1.92. The summed E-state index contributed by atoms with van der Waals surface area (Å²) >= 11 is 0. The predicted molar refractivity (Wildman–Crippen MR) is 48.0 cm³/mol. The van der Waals surface area contributed by atoms with Crippen LogP contribution in [0.2, 0.25) is 0 Å². The van der Waals surface area contributed by atoms with Gasteiger partial charge in [-0.25, -0.2) is 0 Å². The van der Waals surface area contributed by atoms with Gasteiger partial charge in [0.15, 0.2) is 11.7 Å². The number of hydrogen-bond acceptors (Lipinski definition) is 4. The molecule has 1 heterocycles. The zero-order valence-corrected chi connectivity index (χ0v) is 7.19. The van der Waals surface area contributed by atoms with Crippen molar-refractivity contribution in [3.63, 3.8) is 0 Å². The number of para-hydroxylation sites is 1. The Labute approximate surface area is 80.0 Å². The summed E-state index contributed by atoms with van der Waals surface area (Å²) in [5.74, 6) is 0.0328. The fourth-order valence-electron chi connectivity index (χ4n) is 1.28. The summed E-state index contributed by atoms with van der Waals surface area (Å²) in [6.45, 7) is 0. The first-order valence-electron chi connectivity index (χ1n) is 4.00. The molecule has 14 heavy (non-hydrogen) atoms. The molecule has 0 aliphatic heterocycles. The molecule has 0 spiro atoms. The molecule has 1 aromatic heterocycles. The van der Waals surface area contributed by atoms with Gasteiger partial charge in [-0.15, -0.1) is 0 Å². The molecule has 2 aromatic rings. The number of nitrogens with zero attached hydrogens (tertiary/aromatic N) is 3. The number of aromatic nitrogens is 1. The highest BCUT2D eigenvalue weighted by Gasteiger charge is 2.08. The number of fused-ring (bicyclic) bond motifs is 1. The molecule has 0 N–H and O–H groups in total. The van der Waals surface area contributed by atoms with Crippen LogP contribution in [0, 0.1) is 22.7 Å². The van der Waals surface area contributed by atoms with Gasteiger partial charge in [-0.3, -0.25) is 0 Å². The molecule has 0 saturated heterocycles. The largest absolute Gasteiger partial charge is 0.428 e. The first kappa shape index (κ1) is 8.28. The summed E-state index contributed by atoms with van der Waals surface area (Å²) in [5, 5.41) is 17.2. The van der Waals surface area contributed by atoms with Crippen LogP contribution in [0.5, 0.6) is 0 Å². The molecular formula is C10H5N3O. The predicted octanol–water partition coefficient (Wildman–Crippen LogP) is 1.77. The van der Waals surface area contributed by atoms with E-state index in [1.54, 1.807) is 18.2 Å². The van der Waals surface area contributed by atoms with E-state index in [0.717, 1.165) is 5.56 Å². The lowest BCUT2D eigenvalue weighted by atomic mass is 10.1. The SMILES string of the molecule is N#CCc1cccc2oc(C#N)nc12. The first-order chi connectivity index (χ1) is 6.85. The highest BCUT2D eigenvalue weighted by atomic mass is 16.3. The number of hydrogen-bond donors (Lipinski definition) is 0. The van der Waals surface area contributed by atoms with Crippen molar-refractivity contribution in [2.24, 2.45) is 0 Å². The van der Waals surface area contributed by atoms with E-state index in [0.29, 0.717) is 11.1 Å². The summed E-state index contributed by atoms with van der Waals surface area (Å²) in [6.07, 6.45) is 0.273. The van der Waals surface area contributed by atoms with Crippen LogP contribution in [-0.2, 0) is 6.42 Å². The summed E-state index contributed by atoms with van der Waals surface area (Å²) in [5.41, 5.74) is 1.94. The number of rotatable bonds is 1. The molecule has 0 atom stereocenters. The quantitative estimate of drug-likeness (QED) is 0.675. The minimum absolute atomic E-state index is 0.0328. The molecule has 66 valence electrons. The van der Waals surface area contributed by atoms with E-state index >= 15 is 0 Å². The van der Waals surface area contributed by atoms with E-state index in [9.17, 15) is 0 Å². The highest BCUT2D eigenvalue weighted by molar-refractivity contribution is 5.77. The van der Waals surface area contributed by atoms with Crippen molar-refractivity contribution in [1.82, 2.24) is 4.98 Å². The Kier molecular flexibility index (Phi) is 1.89. The molecule has 0 saturated carbocycles. The van der Waals surface area contributed by atoms with Gasteiger partial charge in [-0.05, 0) is 11.6 Å². The van der Waals surface area contributed by atoms with Gasteiger partial charge in [-0.2, -0.15) is 15.5 Å². The molecule has 0 unspecified atom stereocenters. The molecule has 1 aromatic carbocycles. The summed E-state index contributed by atoms with van der Waals surface area (Å²) < 4.78 is 5.12. The summed E-state index contributed by atoms with van der Waals surface area (Å²) in [6, 6.07) is 9.17. The first-order valence-corrected chi connectivity index (χ1v) is 4.00. The van der Waals surface area contributed by atoms with Gasteiger partial charge in [0.2, 0.25) is 0 Å². The second kappa shape index (κ2) is 3.20. The van der Waals surface area contributed by atoms with E-state index in [1.165, 1.54) is 0 Å². The van der Waals surface area contributed by atoms with Crippen LogP contribution in [0.15, 0.2) is 22.6 Å². The monoisotopic (exact) mass is 183 g/mol. The van der Waals surface area contributed by atoms with Crippen LogP contribution >= 0.6 is 0 Å². The lowest BCUT2D eigenvalue weighted by Crippen LogP contribution is -1.83. The Balaban J connectivity index is 2.69. The topological polar surface area (TPSA) is 73.6 Å². The van der Waals surface area contributed by atoms with E-state index in [1.807, 2.05) is 12.1 Å². The third-order valence-corrected chi connectivity index (χ3v) is 1.87. The Morgan fingerprint density at radius 3 is 2.93 bits per heavy atom. The molecular weight excluding hydrogens is 178 g/mol. The molecule has 4 nitrogen and oxygen atoms in total. The zero-order valence-electron chi connectivity index (χ0n) is 7.19. The molecule has 0 bridgehead atoms. The van der Waals surface area contributed by atoms with Crippen molar-refractivity contribution in [1.29, 1.82) is 10.5 Å². The maximum Gasteiger partial charge on any atom is 0.301 e. The molecule has 2 rings (SSSR count). The second-order valence-electron chi connectivity index (χ2n) is 2.73. The lowest BCUT2D eigenvalue weighted by molar-refractivity contribution is 0.584. The number of nitriles is 2. The van der Waals surface area contributed by atoms with Gasteiger partial charge in [0, 0.05) is 0 Å². The van der Waals surface area contributed by atoms with E-state index in [4.69, 9.17) is 14.9 Å². The molecule has 4 heteroatoms. The minimum Gasteiger partial charge on any atom is -0.428 e. The van der Waals surface area contributed by atoms with Gasteiger partial charge in [0.25, 0.3) is 0 Å². The van der Waals surface area contributed by atoms with Crippen LogP contribution < -0.4 is 0 Å². The molecule has 0 amide bonds. The van der Waals surface area contributed by atoms with Crippen LogP contribution in [0.3, 0.4) is 0 Å². The van der Waals surface area contributed by atoms with E-state index < -0.39 is 0 Å². The van der Waals surface area contributed by atoms with Gasteiger partial charge in [0.1, 0.15) is 5.52 Å². The van der Waals surface area contributed by atoms with Crippen molar-refractivity contribution in [3.8, 4) is 12.1 Å². The van der Waals surface area contributed by atoms with Gasteiger partial charge < -0.3 is 4.42 Å². The number of oxazole rings is 1. The third-order valence-electron chi connectivity index (χ3n) is 1.87.